The zero-order valence-electron chi connectivity index (χ0n) is 17.1. The first-order valence-corrected chi connectivity index (χ1v) is 11.2. The number of esters is 1. The van der Waals surface area contributed by atoms with Crippen LogP contribution in [0.3, 0.4) is 0 Å². The molecule has 3 aliphatic rings. The van der Waals surface area contributed by atoms with Crippen LogP contribution in [0.5, 0.6) is 0 Å². The first kappa shape index (κ1) is 20.5. The molecule has 1 N–H and O–H groups in total. The van der Waals surface area contributed by atoms with Crippen molar-refractivity contribution >= 4 is 57.5 Å². The number of hydrogen-bond acceptors (Lipinski definition) is 8. The lowest BCUT2D eigenvalue weighted by atomic mass is 10.1. The second-order valence-corrected chi connectivity index (χ2v) is 8.80. The second-order valence-electron chi connectivity index (χ2n) is 7.79. The van der Waals surface area contributed by atoms with Crippen LogP contribution in [-0.4, -0.2) is 65.2 Å². The van der Waals surface area contributed by atoms with Gasteiger partial charge in [0.2, 0.25) is 0 Å². The summed E-state index contributed by atoms with van der Waals surface area (Å²) in [4.78, 5) is 56.0. The highest BCUT2D eigenvalue weighted by molar-refractivity contribution is 8.18. The highest BCUT2D eigenvalue weighted by Crippen LogP contribution is 2.30. The van der Waals surface area contributed by atoms with Gasteiger partial charge < -0.3 is 14.5 Å². The van der Waals surface area contributed by atoms with E-state index in [1.165, 1.54) is 0 Å². The Morgan fingerprint density at radius 1 is 1.16 bits per heavy atom. The second kappa shape index (κ2) is 8.27. The van der Waals surface area contributed by atoms with Crippen LogP contribution in [0, 0.1) is 0 Å². The lowest BCUT2D eigenvalue weighted by molar-refractivity contribution is -0.153. The van der Waals surface area contributed by atoms with Gasteiger partial charge in [-0.1, -0.05) is 6.07 Å². The minimum Gasteiger partial charge on any atom is -0.452 e. The molecule has 4 heterocycles. The largest absolute Gasteiger partial charge is 0.452 e. The van der Waals surface area contributed by atoms with E-state index in [1.807, 2.05) is 24.3 Å². The van der Waals surface area contributed by atoms with Gasteiger partial charge in [0.05, 0.1) is 10.4 Å². The van der Waals surface area contributed by atoms with Crippen molar-refractivity contribution in [1.82, 2.24) is 15.2 Å². The van der Waals surface area contributed by atoms with Crippen molar-refractivity contribution in [2.75, 3.05) is 31.1 Å². The number of nitrogens with one attached hydrogen (secondary N) is 1. The van der Waals surface area contributed by atoms with Crippen molar-refractivity contribution in [3.05, 3.63) is 40.9 Å². The van der Waals surface area contributed by atoms with Crippen molar-refractivity contribution in [3.8, 4) is 0 Å². The molecule has 0 spiro atoms. The number of nitrogens with zero attached hydrogens (tertiary/aromatic N) is 3. The van der Waals surface area contributed by atoms with Crippen LogP contribution in [0.2, 0.25) is 0 Å². The van der Waals surface area contributed by atoms with Gasteiger partial charge in [-0.3, -0.25) is 29.5 Å². The average Bonchev–Trinajstić information content (AvgIpc) is 3.37. The smallest absolute Gasteiger partial charge is 0.306 e. The molecule has 3 fully saturated rings. The number of cyclic esters (lactones) is 1. The van der Waals surface area contributed by atoms with E-state index in [0.717, 1.165) is 33.9 Å². The maximum absolute atomic E-state index is 12.6. The quantitative estimate of drug-likeness (QED) is 0.556. The van der Waals surface area contributed by atoms with Gasteiger partial charge in [0.1, 0.15) is 0 Å². The van der Waals surface area contributed by atoms with Crippen LogP contribution in [0.1, 0.15) is 18.4 Å². The number of aromatic nitrogens is 1. The molecule has 32 heavy (non-hydrogen) atoms. The fourth-order valence-electron chi connectivity index (χ4n) is 4.16. The Morgan fingerprint density at radius 3 is 2.66 bits per heavy atom. The molecule has 1 atom stereocenters. The Bertz CT molecular complexity index is 1170. The Morgan fingerprint density at radius 2 is 1.97 bits per heavy atom. The fourth-order valence-corrected chi connectivity index (χ4v) is 4.84. The maximum atomic E-state index is 12.6. The third-order valence-corrected chi connectivity index (χ3v) is 6.58. The van der Waals surface area contributed by atoms with Gasteiger partial charge in [0.25, 0.3) is 17.1 Å². The molecule has 1 unspecified atom stereocenters. The number of carbonyl (C=O) groups excluding carboxylic acids is 4. The van der Waals surface area contributed by atoms with Gasteiger partial charge in [0.15, 0.2) is 6.10 Å². The monoisotopic (exact) mass is 452 g/mol. The van der Waals surface area contributed by atoms with Crippen LogP contribution in [0.15, 0.2) is 35.4 Å². The summed E-state index contributed by atoms with van der Waals surface area (Å²) in [6, 6.07) is 7.65. The molecule has 3 aliphatic heterocycles. The molecular weight excluding hydrogens is 432 g/mol. The molecule has 10 heteroatoms. The molecule has 5 rings (SSSR count). The molecule has 0 aliphatic carbocycles. The minimum atomic E-state index is -0.649. The van der Waals surface area contributed by atoms with E-state index in [2.05, 4.69) is 15.2 Å². The number of fused-ring (bicyclic) bond motifs is 1. The molecule has 1 aromatic carbocycles. The van der Waals surface area contributed by atoms with Crippen molar-refractivity contribution in [1.29, 1.82) is 0 Å². The first-order valence-electron chi connectivity index (χ1n) is 10.3. The van der Waals surface area contributed by atoms with Crippen LogP contribution in [0.4, 0.5) is 10.5 Å². The number of carbonyl (C=O) groups is 4. The van der Waals surface area contributed by atoms with Gasteiger partial charge in [-0.05, 0) is 41.6 Å². The van der Waals surface area contributed by atoms with Crippen LogP contribution in [0.25, 0.3) is 17.0 Å². The summed E-state index contributed by atoms with van der Waals surface area (Å²) in [5.41, 5.74) is 2.62. The summed E-state index contributed by atoms with van der Waals surface area (Å²) < 4.78 is 5.12. The van der Waals surface area contributed by atoms with Gasteiger partial charge in [0, 0.05) is 56.3 Å². The highest BCUT2D eigenvalue weighted by atomic mass is 32.2. The molecule has 0 bridgehead atoms. The summed E-state index contributed by atoms with van der Waals surface area (Å²) in [6.45, 7) is 2.37. The predicted molar refractivity (Wildman–Crippen MR) is 119 cm³/mol. The van der Waals surface area contributed by atoms with Gasteiger partial charge in [-0.15, -0.1) is 0 Å². The number of ether oxygens (including phenoxy) is 1. The Balaban J connectivity index is 1.35. The summed E-state index contributed by atoms with van der Waals surface area (Å²) in [5.74, 6) is -0.819. The molecule has 1 aromatic heterocycles. The molecule has 0 radical (unpaired) electrons. The normalized spacial score (nSPS) is 22.6. The van der Waals surface area contributed by atoms with E-state index < -0.39 is 6.10 Å². The van der Waals surface area contributed by atoms with Gasteiger partial charge >= 0.3 is 5.97 Å². The SMILES string of the molecule is O=C1CCC(C(=O)N2CCN(c3ccnc4ccc(C=C5SC(=O)NC5=O)cc34)CC2)O1. The third kappa shape index (κ3) is 3.93. The zero-order valence-corrected chi connectivity index (χ0v) is 17.9. The minimum absolute atomic E-state index is 0.120. The summed E-state index contributed by atoms with van der Waals surface area (Å²) in [7, 11) is 0. The number of benzene rings is 1. The Kier molecular flexibility index (Phi) is 5.30. The standard InChI is InChI=1S/C22H20N4O5S/c27-19-4-3-17(31-19)21(29)26-9-7-25(8-10-26)16-5-6-23-15-2-1-13(11-14(15)16)12-18-20(28)24-22(30)32-18/h1-2,5-6,11-12,17H,3-4,7-10H2,(H,24,28,30). The number of hydrogen-bond donors (Lipinski definition) is 1. The highest BCUT2D eigenvalue weighted by Gasteiger charge is 2.34. The first-order chi connectivity index (χ1) is 15.5. The lowest BCUT2D eigenvalue weighted by Crippen LogP contribution is -2.51. The van der Waals surface area contributed by atoms with Gasteiger partial charge in [-0.2, -0.15) is 0 Å². The van der Waals surface area contributed by atoms with E-state index in [1.54, 1.807) is 17.2 Å². The van der Waals surface area contributed by atoms with Crippen molar-refractivity contribution in [3.63, 3.8) is 0 Å². The van der Waals surface area contributed by atoms with E-state index >= 15 is 0 Å². The maximum Gasteiger partial charge on any atom is 0.306 e. The molecule has 9 nitrogen and oxygen atoms in total. The number of imide groups is 1. The number of piperazine rings is 1. The molecule has 0 saturated carbocycles. The number of rotatable bonds is 3. The number of pyridine rings is 1. The number of anilines is 1. The predicted octanol–water partition coefficient (Wildman–Crippen LogP) is 1.91. The van der Waals surface area contributed by atoms with Crippen molar-refractivity contribution in [2.45, 2.75) is 18.9 Å². The summed E-state index contributed by atoms with van der Waals surface area (Å²) in [6.07, 6.45) is 3.55. The van der Waals surface area contributed by atoms with Gasteiger partial charge in [-0.25, -0.2) is 0 Å². The molecule has 3 amide bonds. The number of amides is 3. The zero-order chi connectivity index (χ0) is 22.2. The average molecular weight is 452 g/mol. The molecule has 3 saturated heterocycles. The van der Waals surface area contributed by atoms with Crippen molar-refractivity contribution < 1.29 is 23.9 Å². The Hall–Kier alpha value is -3.40. The number of thioether (sulfide) groups is 1. The van der Waals surface area contributed by atoms with Crippen LogP contribution >= 0.6 is 11.8 Å². The van der Waals surface area contributed by atoms with E-state index in [9.17, 15) is 19.2 Å². The molecule has 164 valence electrons. The lowest BCUT2D eigenvalue weighted by Gasteiger charge is -2.37. The summed E-state index contributed by atoms with van der Waals surface area (Å²) >= 11 is 0.886. The fraction of sp³-hybridized carbons (Fsp3) is 0.318. The molecule has 2 aromatic rings. The summed E-state index contributed by atoms with van der Waals surface area (Å²) in [5, 5.41) is 2.82. The van der Waals surface area contributed by atoms with Crippen LogP contribution in [-0.2, 0) is 19.1 Å². The third-order valence-electron chi connectivity index (χ3n) is 5.77. The molecular formula is C22H20N4O5S. The van der Waals surface area contributed by atoms with E-state index in [0.29, 0.717) is 43.9 Å². The van der Waals surface area contributed by atoms with Crippen molar-refractivity contribution in [2.24, 2.45) is 0 Å². The topological polar surface area (TPSA) is 109 Å². The Labute approximate surface area is 187 Å². The van der Waals surface area contributed by atoms with E-state index in [-0.39, 0.29) is 23.0 Å². The van der Waals surface area contributed by atoms with Crippen LogP contribution < -0.4 is 10.2 Å². The van der Waals surface area contributed by atoms with E-state index in [4.69, 9.17) is 4.74 Å².